The molecule has 0 bridgehead atoms. The molecule has 130 valence electrons. The van der Waals surface area contributed by atoms with Gasteiger partial charge in [0, 0.05) is 38.3 Å². The fourth-order valence-electron chi connectivity index (χ4n) is 2.95. The minimum absolute atomic E-state index is 0.151. The number of hydrogen-bond acceptors (Lipinski definition) is 5. The zero-order valence-electron chi connectivity index (χ0n) is 14.2. The van der Waals surface area contributed by atoms with E-state index < -0.39 is 6.43 Å². The number of alkyl halides is 2. The average molecular weight is 336 g/mol. The molecule has 0 N–H and O–H groups in total. The number of rotatable bonds is 4. The van der Waals surface area contributed by atoms with E-state index in [0.29, 0.717) is 17.6 Å². The number of aryl methyl sites for hydroxylation is 1. The van der Waals surface area contributed by atoms with Crippen molar-refractivity contribution in [1.29, 1.82) is 0 Å². The molecule has 1 fully saturated rings. The van der Waals surface area contributed by atoms with Crippen LogP contribution < -0.4 is 4.90 Å². The molecule has 3 heterocycles. The monoisotopic (exact) mass is 336 g/mol. The van der Waals surface area contributed by atoms with Crippen LogP contribution in [0.5, 0.6) is 0 Å². The fraction of sp³-hybridized carbons (Fsp3) is 0.562. The number of nitrogens with zero attached hydrogens (tertiary/aromatic N) is 6. The highest BCUT2D eigenvalue weighted by Gasteiger charge is 2.22. The van der Waals surface area contributed by atoms with Crippen molar-refractivity contribution < 1.29 is 8.78 Å². The molecule has 6 nitrogen and oxygen atoms in total. The Labute approximate surface area is 140 Å². The lowest BCUT2D eigenvalue weighted by Gasteiger charge is -2.37. The van der Waals surface area contributed by atoms with Gasteiger partial charge in [-0.1, -0.05) is 0 Å². The molecule has 0 amide bonds. The lowest BCUT2D eigenvalue weighted by atomic mass is 10.2. The normalized spacial score (nSPS) is 16.4. The molecule has 8 heteroatoms. The third kappa shape index (κ3) is 3.38. The van der Waals surface area contributed by atoms with Crippen LogP contribution in [0.2, 0.25) is 0 Å². The Balaban J connectivity index is 1.83. The molecule has 3 rings (SSSR count). The van der Waals surface area contributed by atoms with Gasteiger partial charge >= 0.3 is 0 Å². The molecule has 2 aromatic rings. The SMILES string of the molecule is Cc1cc(C(F)F)n(-c2cc(N3CCN(C(C)C)CC3)ncn2)n1. The Morgan fingerprint density at radius 2 is 1.67 bits per heavy atom. The van der Waals surface area contributed by atoms with E-state index in [0.717, 1.165) is 32.0 Å². The minimum Gasteiger partial charge on any atom is -0.354 e. The van der Waals surface area contributed by atoms with E-state index in [1.54, 1.807) is 13.0 Å². The largest absolute Gasteiger partial charge is 0.354 e. The first kappa shape index (κ1) is 16.8. The van der Waals surface area contributed by atoms with Gasteiger partial charge in [-0.05, 0) is 26.8 Å². The number of piperazine rings is 1. The van der Waals surface area contributed by atoms with Crippen LogP contribution in [-0.4, -0.2) is 56.9 Å². The third-order valence-electron chi connectivity index (χ3n) is 4.31. The van der Waals surface area contributed by atoms with Crippen molar-refractivity contribution in [3.8, 4) is 5.82 Å². The smallest absolute Gasteiger partial charge is 0.280 e. The van der Waals surface area contributed by atoms with Gasteiger partial charge in [0.15, 0.2) is 5.82 Å². The van der Waals surface area contributed by atoms with E-state index in [1.165, 1.54) is 17.1 Å². The summed E-state index contributed by atoms with van der Waals surface area (Å²) >= 11 is 0. The Kier molecular flexibility index (Phi) is 4.75. The molecule has 2 aromatic heterocycles. The molecule has 1 aliphatic rings. The van der Waals surface area contributed by atoms with Crippen molar-refractivity contribution in [2.45, 2.75) is 33.2 Å². The van der Waals surface area contributed by atoms with E-state index in [2.05, 4.69) is 38.7 Å². The van der Waals surface area contributed by atoms with Gasteiger partial charge in [0.05, 0.1) is 5.69 Å². The maximum Gasteiger partial charge on any atom is 0.280 e. The van der Waals surface area contributed by atoms with Gasteiger partial charge < -0.3 is 4.90 Å². The highest BCUT2D eigenvalue weighted by atomic mass is 19.3. The molecule has 0 aromatic carbocycles. The third-order valence-corrected chi connectivity index (χ3v) is 4.31. The summed E-state index contributed by atoms with van der Waals surface area (Å²) in [6.07, 6.45) is -1.19. The molecular formula is C16H22F2N6. The molecule has 0 atom stereocenters. The van der Waals surface area contributed by atoms with Crippen molar-refractivity contribution in [2.24, 2.45) is 0 Å². The van der Waals surface area contributed by atoms with Crippen LogP contribution in [-0.2, 0) is 0 Å². The average Bonchev–Trinajstić information content (AvgIpc) is 2.97. The quantitative estimate of drug-likeness (QED) is 0.858. The Hall–Kier alpha value is -2.09. The molecule has 0 radical (unpaired) electrons. The summed E-state index contributed by atoms with van der Waals surface area (Å²) in [7, 11) is 0. The molecule has 0 saturated carbocycles. The standard InChI is InChI=1S/C16H22F2N6/c1-11(2)22-4-6-23(7-5-22)14-9-15(20-10-19-14)24-13(16(17)18)8-12(3)21-24/h8-11,16H,4-7H2,1-3H3. The minimum atomic E-state index is -2.60. The summed E-state index contributed by atoms with van der Waals surface area (Å²) in [5.41, 5.74) is 0.387. The first-order valence-electron chi connectivity index (χ1n) is 8.12. The van der Waals surface area contributed by atoms with E-state index in [1.807, 2.05) is 0 Å². The second kappa shape index (κ2) is 6.80. The summed E-state index contributed by atoms with van der Waals surface area (Å²) in [6, 6.07) is 3.63. The van der Waals surface area contributed by atoms with Crippen LogP contribution >= 0.6 is 0 Å². The van der Waals surface area contributed by atoms with Crippen molar-refractivity contribution in [2.75, 3.05) is 31.1 Å². The van der Waals surface area contributed by atoms with Crippen LogP contribution in [0.1, 0.15) is 31.7 Å². The van der Waals surface area contributed by atoms with Gasteiger partial charge in [0.2, 0.25) is 0 Å². The maximum absolute atomic E-state index is 13.2. The molecule has 0 unspecified atom stereocenters. The van der Waals surface area contributed by atoms with Crippen LogP contribution in [0.15, 0.2) is 18.5 Å². The van der Waals surface area contributed by atoms with Crippen molar-refractivity contribution >= 4 is 5.82 Å². The number of aromatic nitrogens is 4. The van der Waals surface area contributed by atoms with Gasteiger partial charge in [-0.25, -0.2) is 23.4 Å². The Morgan fingerprint density at radius 1 is 1.00 bits per heavy atom. The fourth-order valence-corrected chi connectivity index (χ4v) is 2.95. The lowest BCUT2D eigenvalue weighted by molar-refractivity contribution is 0.142. The summed E-state index contributed by atoms with van der Waals surface area (Å²) in [5.74, 6) is 1.12. The molecule has 1 saturated heterocycles. The topological polar surface area (TPSA) is 50.1 Å². The van der Waals surface area contributed by atoms with Crippen molar-refractivity contribution in [3.05, 3.63) is 29.8 Å². The van der Waals surface area contributed by atoms with Gasteiger partial charge in [-0.3, -0.25) is 4.90 Å². The van der Waals surface area contributed by atoms with Crippen LogP contribution in [0, 0.1) is 6.92 Å². The zero-order valence-corrected chi connectivity index (χ0v) is 14.2. The van der Waals surface area contributed by atoms with E-state index in [9.17, 15) is 8.78 Å². The van der Waals surface area contributed by atoms with E-state index in [4.69, 9.17) is 0 Å². The highest BCUT2D eigenvalue weighted by molar-refractivity contribution is 5.44. The summed E-state index contributed by atoms with van der Waals surface area (Å²) in [5, 5.41) is 4.14. The second-order valence-electron chi connectivity index (χ2n) is 6.27. The van der Waals surface area contributed by atoms with Gasteiger partial charge in [0.1, 0.15) is 17.8 Å². The Bertz CT molecular complexity index is 692. The maximum atomic E-state index is 13.2. The van der Waals surface area contributed by atoms with Gasteiger partial charge in [-0.15, -0.1) is 0 Å². The van der Waals surface area contributed by atoms with Crippen LogP contribution in [0.25, 0.3) is 5.82 Å². The summed E-state index contributed by atoms with van der Waals surface area (Å²) < 4.78 is 27.6. The van der Waals surface area contributed by atoms with E-state index >= 15 is 0 Å². The summed E-state index contributed by atoms with van der Waals surface area (Å²) in [6.45, 7) is 9.69. The van der Waals surface area contributed by atoms with E-state index in [-0.39, 0.29) is 5.69 Å². The molecule has 0 spiro atoms. The zero-order chi connectivity index (χ0) is 17.3. The predicted octanol–water partition coefficient (Wildman–Crippen LogP) is 2.44. The predicted molar refractivity (Wildman–Crippen MR) is 87.8 cm³/mol. The van der Waals surface area contributed by atoms with Gasteiger partial charge in [0.25, 0.3) is 6.43 Å². The summed E-state index contributed by atoms with van der Waals surface area (Å²) in [4.78, 5) is 13.0. The van der Waals surface area contributed by atoms with Crippen molar-refractivity contribution in [1.82, 2.24) is 24.6 Å². The van der Waals surface area contributed by atoms with Crippen LogP contribution in [0.3, 0.4) is 0 Å². The number of anilines is 1. The lowest BCUT2D eigenvalue weighted by Crippen LogP contribution is -2.49. The van der Waals surface area contributed by atoms with Crippen LogP contribution in [0.4, 0.5) is 14.6 Å². The first-order chi connectivity index (χ1) is 11.5. The molecular weight excluding hydrogens is 314 g/mol. The molecule has 24 heavy (non-hydrogen) atoms. The molecule has 0 aliphatic carbocycles. The first-order valence-corrected chi connectivity index (χ1v) is 8.12. The van der Waals surface area contributed by atoms with Gasteiger partial charge in [-0.2, -0.15) is 5.10 Å². The Morgan fingerprint density at radius 3 is 2.29 bits per heavy atom. The second-order valence-corrected chi connectivity index (χ2v) is 6.27. The number of halogens is 2. The highest BCUT2D eigenvalue weighted by Crippen LogP contribution is 2.24. The number of hydrogen-bond donors (Lipinski definition) is 0. The molecule has 1 aliphatic heterocycles. The van der Waals surface area contributed by atoms with Crippen molar-refractivity contribution in [3.63, 3.8) is 0 Å².